The maximum Gasteiger partial charge on any atom is 0.272 e. The van der Waals surface area contributed by atoms with Crippen LogP contribution in [-0.2, 0) is 10.3 Å². The van der Waals surface area contributed by atoms with Crippen LogP contribution in [0.2, 0.25) is 0 Å². The standard InChI is InChI=1S/C26H36N4O2/c1-5-21(18-9-7-6-8-10-18)25(32)29-15-13-20(14-16-29)27-24(31)22-17-23(19-11-12-19)30(28-22)26(2,3)4/h6-10,17,19-21H,5,11-16H2,1-4H3,(H,27,31). The van der Waals surface area contributed by atoms with Crippen molar-refractivity contribution in [3.8, 4) is 0 Å². The van der Waals surface area contributed by atoms with E-state index in [-0.39, 0.29) is 29.3 Å². The Balaban J connectivity index is 1.35. The third-order valence-electron chi connectivity index (χ3n) is 6.65. The van der Waals surface area contributed by atoms with Gasteiger partial charge in [0.05, 0.1) is 11.5 Å². The summed E-state index contributed by atoms with van der Waals surface area (Å²) in [4.78, 5) is 28.0. The van der Waals surface area contributed by atoms with Crippen molar-refractivity contribution in [3.05, 3.63) is 53.3 Å². The van der Waals surface area contributed by atoms with E-state index in [4.69, 9.17) is 0 Å². The Bertz CT molecular complexity index is 948. The Labute approximate surface area is 191 Å². The van der Waals surface area contributed by atoms with Gasteiger partial charge >= 0.3 is 0 Å². The van der Waals surface area contributed by atoms with E-state index in [1.54, 1.807) is 0 Å². The average molecular weight is 437 g/mol. The molecule has 32 heavy (non-hydrogen) atoms. The lowest BCUT2D eigenvalue weighted by atomic mass is 9.93. The molecular formula is C26H36N4O2. The first-order valence-corrected chi connectivity index (χ1v) is 12.0. The minimum absolute atomic E-state index is 0.0764. The van der Waals surface area contributed by atoms with Crippen molar-refractivity contribution >= 4 is 11.8 Å². The summed E-state index contributed by atoms with van der Waals surface area (Å²) in [6.07, 6.45) is 4.70. The number of piperidine rings is 1. The molecule has 1 saturated heterocycles. The summed E-state index contributed by atoms with van der Waals surface area (Å²) in [7, 11) is 0. The van der Waals surface area contributed by atoms with Gasteiger partial charge in [-0.05, 0) is 64.5 Å². The van der Waals surface area contributed by atoms with E-state index in [9.17, 15) is 9.59 Å². The van der Waals surface area contributed by atoms with E-state index in [2.05, 4.69) is 38.1 Å². The Morgan fingerprint density at radius 2 is 1.75 bits per heavy atom. The molecule has 1 aromatic heterocycles. The molecule has 1 N–H and O–H groups in total. The van der Waals surface area contributed by atoms with Crippen molar-refractivity contribution in [2.45, 2.75) is 83.2 Å². The fourth-order valence-corrected chi connectivity index (χ4v) is 4.68. The molecule has 6 nitrogen and oxygen atoms in total. The Morgan fingerprint density at radius 1 is 1.09 bits per heavy atom. The molecule has 1 aliphatic carbocycles. The van der Waals surface area contributed by atoms with Gasteiger partial charge < -0.3 is 10.2 Å². The molecule has 1 aliphatic heterocycles. The lowest BCUT2D eigenvalue weighted by molar-refractivity contribution is -0.134. The predicted octanol–water partition coefficient (Wildman–Crippen LogP) is 4.43. The summed E-state index contributed by atoms with van der Waals surface area (Å²) >= 11 is 0. The van der Waals surface area contributed by atoms with E-state index in [1.165, 1.54) is 18.5 Å². The molecule has 1 atom stereocenters. The predicted molar refractivity (Wildman–Crippen MR) is 126 cm³/mol. The van der Waals surface area contributed by atoms with Crippen LogP contribution in [-0.4, -0.2) is 45.6 Å². The molecule has 6 heteroatoms. The topological polar surface area (TPSA) is 67.2 Å². The number of hydrogen-bond donors (Lipinski definition) is 1. The van der Waals surface area contributed by atoms with Crippen LogP contribution < -0.4 is 5.32 Å². The van der Waals surface area contributed by atoms with Crippen molar-refractivity contribution in [2.24, 2.45) is 0 Å². The van der Waals surface area contributed by atoms with Gasteiger partial charge in [0.25, 0.3) is 5.91 Å². The zero-order chi connectivity index (χ0) is 22.9. The first kappa shape index (κ1) is 22.6. The number of nitrogens with one attached hydrogen (secondary N) is 1. The van der Waals surface area contributed by atoms with Crippen LogP contribution in [0, 0.1) is 0 Å². The number of nitrogens with zero attached hydrogens (tertiary/aromatic N) is 3. The molecule has 0 bridgehead atoms. The Hall–Kier alpha value is -2.63. The van der Waals surface area contributed by atoms with Gasteiger partial charge in [-0.2, -0.15) is 5.10 Å². The summed E-state index contributed by atoms with van der Waals surface area (Å²) < 4.78 is 2.02. The molecule has 0 spiro atoms. The molecule has 2 amide bonds. The monoisotopic (exact) mass is 436 g/mol. The zero-order valence-electron chi connectivity index (χ0n) is 19.8. The van der Waals surface area contributed by atoms with Crippen molar-refractivity contribution in [1.82, 2.24) is 20.0 Å². The molecule has 0 radical (unpaired) electrons. The van der Waals surface area contributed by atoms with Gasteiger partial charge in [0.1, 0.15) is 5.69 Å². The van der Waals surface area contributed by atoms with Crippen LogP contribution in [0.15, 0.2) is 36.4 Å². The van der Waals surface area contributed by atoms with Crippen LogP contribution in [0.4, 0.5) is 0 Å². The van der Waals surface area contributed by atoms with Gasteiger partial charge in [-0.25, -0.2) is 0 Å². The first-order chi connectivity index (χ1) is 15.3. The lowest BCUT2D eigenvalue weighted by Crippen LogP contribution is -2.47. The summed E-state index contributed by atoms with van der Waals surface area (Å²) in [5, 5.41) is 7.83. The Kier molecular flexibility index (Phi) is 6.40. The molecule has 2 heterocycles. The molecule has 172 valence electrons. The van der Waals surface area contributed by atoms with Gasteiger partial charge in [0.15, 0.2) is 0 Å². The number of amides is 2. The molecule has 4 rings (SSSR count). The first-order valence-electron chi connectivity index (χ1n) is 12.0. The summed E-state index contributed by atoms with van der Waals surface area (Å²) in [6, 6.07) is 12.1. The number of rotatable bonds is 6. The van der Waals surface area contributed by atoms with E-state index in [0.717, 1.165) is 24.8 Å². The molecule has 2 aliphatic rings. The average Bonchev–Trinajstić information content (AvgIpc) is 3.52. The van der Waals surface area contributed by atoms with Crippen LogP contribution in [0.3, 0.4) is 0 Å². The number of aromatic nitrogens is 2. The molecule has 1 saturated carbocycles. The van der Waals surface area contributed by atoms with E-state index in [0.29, 0.717) is 24.7 Å². The summed E-state index contributed by atoms with van der Waals surface area (Å²) in [5.74, 6) is 0.537. The van der Waals surface area contributed by atoms with Crippen molar-refractivity contribution < 1.29 is 9.59 Å². The van der Waals surface area contributed by atoms with Crippen molar-refractivity contribution in [1.29, 1.82) is 0 Å². The highest BCUT2D eigenvalue weighted by Crippen LogP contribution is 2.41. The smallest absolute Gasteiger partial charge is 0.272 e. The quantitative estimate of drug-likeness (QED) is 0.728. The fraction of sp³-hybridized carbons (Fsp3) is 0.577. The van der Waals surface area contributed by atoms with Gasteiger partial charge in [0, 0.05) is 30.7 Å². The van der Waals surface area contributed by atoms with E-state index >= 15 is 0 Å². The highest BCUT2D eigenvalue weighted by Gasteiger charge is 2.33. The third-order valence-corrected chi connectivity index (χ3v) is 6.65. The van der Waals surface area contributed by atoms with Gasteiger partial charge in [0.2, 0.25) is 5.91 Å². The Morgan fingerprint density at radius 3 is 2.31 bits per heavy atom. The highest BCUT2D eigenvalue weighted by molar-refractivity contribution is 5.92. The minimum Gasteiger partial charge on any atom is -0.348 e. The zero-order valence-corrected chi connectivity index (χ0v) is 19.8. The normalized spacial score (nSPS) is 18.4. The van der Waals surface area contributed by atoms with Crippen LogP contribution >= 0.6 is 0 Å². The van der Waals surface area contributed by atoms with Crippen molar-refractivity contribution in [3.63, 3.8) is 0 Å². The van der Waals surface area contributed by atoms with Gasteiger partial charge in [-0.1, -0.05) is 37.3 Å². The lowest BCUT2D eigenvalue weighted by Gasteiger charge is -2.34. The molecule has 1 unspecified atom stereocenters. The SMILES string of the molecule is CCC(C(=O)N1CCC(NC(=O)c2cc(C3CC3)n(C(C)(C)C)n2)CC1)c1ccccc1. The van der Waals surface area contributed by atoms with Crippen LogP contribution in [0.25, 0.3) is 0 Å². The second kappa shape index (κ2) is 9.08. The number of carbonyl (C=O) groups is 2. The van der Waals surface area contributed by atoms with Crippen LogP contribution in [0.1, 0.15) is 93.4 Å². The fourth-order valence-electron chi connectivity index (χ4n) is 4.68. The van der Waals surface area contributed by atoms with Gasteiger partial charge in [-0.15, -0.1) is 0 Å². The summed E-state index contributed by atoms with van der Waals surface area (Å²) in [5.41, 5.74) is 2.62. The maximum atomic E-state index is 13.1. The largest absolute Gasteiger partial charge is 0.348 e. The van der Waals surface area contributed by atoms with Gasteiger partial charge in [-0.3, -0.25) is 14.3 Å². The number of benzene rings is 1. The molecule has 2 aromatic rings. The second-order valence-corrected chi connectivity index (χ2v) is 10.3. The molecule has 2 fully saturated rings. The highest BCUT2D eigenvalue weighted by atomic mass is 16.2. The van der Waals surface area contributed by atoms with E-state index < -0.39 is 0 Å². The number of hydrogen-bond acceptors (Lipinski definition) is 3. The van der Waals surface area contributed by atoms with Crippen molar-refractivity contribution in [2.75, 3.05) is 13.1 Å². The number of likely N-dealkylation sites (tertiary alicyclic amines) is 1. The number of carbonyl (C=O) groups excluding carboxylic acids is 2. The van der Waals surface area contributed by atoms with Crippen LogP contribution in [0.5, 0.6) is 0 Å². The second-order valence-electron chi connectivity index (χ2n) is 10.3. The third kappa shape index (κ3) is 4.89. The molecule has 1 aromatic carbocycles. The van der Waals surface area contributed by atoms with E-state index in [1.807, 2.05) is 46.0 Å². The maximum absolute atomic E-state index is 13.1. The minimum atomic E-state index is -0.142. The molecular weight excluding hydrogens is 400 g/mol. The summed E-state index contributed by atoms with van der Waals surface area (Å²) in [6.45, 7) is 9.79.